The first-order valence-electron chi connectivity index (χ1n) is 5.86. The molecule has 0 saturated carbocycles. The summed E-state index contributed by atoms with van der Waals surface area (Å²) >= 11 is 11.1. The number of thiocarbonyl (C=S) groups is 1. The number of hydrogen-bond donors (Lipinski definition) is 2. The van der Waals surface area contributed by atoms with E-state index in [9.17, 15) is 8.78 Å². The molecule has 0 heterocycles. The highest BCUT2D eigenvalue weighted by atomic mass is 35.5. The molecule has 21 heavy (non-hydrogen) atoms. The van der Waals surface area contributed by atoms with Gasteiger partial charge in [0.15, 0.2) is 16.7 Å². The molecule has 0 spiro atoms. The summed E-state index contributed by atoms with van der Waals surface area (Å²) < 4.78 is 30.9. The minimum absolute atomic E-state index is 0.224. The molecule has 0 aliphatic rings. The lowest BCUT2D eigenvalue weighted by atomic mass is 10.3. The summed E-state index contributed by atoms with van der Waals surface area (Å²) in [7, 11) is 1.52. The average molecular weight is 329 g/mol. The first-order chi connectivity index (χ1) is 9.99. The Bertz CT molecular complexity index is 682. The molecule has 2 aromatic rings. The SMILES string of the molecule is COc1ccc(NC(=S)Nc2ccc(F)c(F)c2)cc1Cl. The Hall–Kier alpha value is -1.92. The van der Waals surface area contributed by atoms with Crippen LogP contribution in [0.5, 0.6) is 5.75 Å². The Morgan fingerprint density at radius 2 is 1.67 bits per heavy atom. The van der Waals surface area contributed by atoms with E-state index in [1.807, 2.05) is 0 Å². The lowest BCUT2D eigenvalue weighted by Crippen LogP contribution is -2.19. The highest BCUT2D eigenvalue weighted by Gasteiger charge is 2.06. The van der Waals surface area contributed by atoms with Crippen LogP contribution in [0.2, 0.25) is 5.02 Å². The highest BCUT2D eigenvalue weighted by molar-refractivity contribution is 7.80. The average Bonchev–Trinajstić information content (AvgIpc) is 2.43. The van der Waals surface area contributed by atoms with E-state index in [0.29, 0.717) is 22.1 Å². The molecule has 110 valence electrons. The molecule has 0 bridgehead atoms. The molecule has 0 radical (unpaired) electrons. The molecule has 0 atom stereocenters. The predicted octanol–water partition coefficient (Wildman–Crippen LogP) is 4.44. The Morgan fingerprint density at radius 1 is 1.05 bits per heavy atom. The molecule has 0 unspecified atom stereocenters. The molecule has 2 aromatic carbocycles. The summed E-state index contributed by atoms with van der Waals surface area (Å²) in [5.41, 5.74) is 0.979. The van der Waals surface area contributed by atoms with Crippen LogP contribution in [0.3, 0.4) is 0 Å². The van der Waals surface area contributed by atoms with Gasteiger partial charge in [0.2, 0.25) is 0 Å². The van der Waals surface area contributed by atoms with E-state index in [4.69, 9.17) is 28.6 Å². The molecule has 2 rings (SSSR count). The van der Waals surface area contributed by atoms with Crippen molar-refractivity contribution in [3.8, 4) is 5.75 Å². The minimum Gasteiger partial charge on any atom is -0.495 e. The largest absolute Gasteiger partial charge is 0.495 e. The van der Waals surface area contributed by atoms with Crippen molar-refractivity contribution in [3.63, 3.8) is 0 Å². The number of benzene rings is 2. The molecular formula is C14H11ClF2N2OS. The third kappa shape index (κ3) is 4.03. The molecule has 0 amide bonds. The quantitative estimate of drug-likeness (QED) is 0.816. The van der Waals surface area contributed by atoms with Crippen molar-refractivity contribution in [2.24, 2.45) is 0 Å². The number of ether oxygens (including phenoxy) is 1. The number of anilines is 2. The van der Waals surface area contributed by atoms with Gasteiger partial charge in [0.25, 0.3) is 0 Å². The fourth-order valence-corrected chi connectivity index (χ4v) is 2.10. The van der Waals surface area contributed by atoms with Gasteiger partial charge >= 0.3 is 0 Å². The van der Waals surface area contributed by atoms with Gasteiger partial charge in [0.05, 0.1) is 12.1 Å². The van der Waals surface area contributed by atoms with E-state index in [1.165, 1.54) is 13.2 Å². The summed E-state index contributed by atoms with van der Waals surface area (Å²) in [6.07, 6.45) is 0. The van der Waals surface area contributed by atoms with Gasteiger partial charge in [0.1, 0.15) is 5.75 Å². The smallest absolute Gasteiger partial charge is 0.175 e. The van der Waals surface area contributed by atoms with Crippen molar-refractivity contribution >= 4 is 40.3 Å². The third-order valence-electron chi connectivity index (χ3n) is 2.59. The van der Waals surface area contributed by atoms with Crippen molar-refractivity contribution in [1.82, 2.24) is 0 Å². The first kappa shape index (κ1) is 15.5. The second-order valence-electron chi connectivity index (χ2n) is 4.06. The van der Waals surface area contributed by atoms with E-state index < -0.39 is 11.6 Å². The molecule has 0 fully saturated rings. The van der Waals surface area contributed by atoms with Crippen molar-refractivity contribution in [1.29, 1.82) is 0 Å². The zero-order valence-corrected chi connectivity index (χ0v) is 12.5. The summed E-state index contributed by atoms with van der Waals surface area (Å²) in [5, 5.41) is 6.28. The van der Waals surface area contributed by atoms with Crippen LogP contribution in [0.25, 0.3) is 0 Å². The van der Waals surface area contributed by atoms with Crippen molar-refractivity contribution in [2.45, 2.75) is 0 Å². The number of hydrogen-bond acceptors (Lipinski definition) is 2. The molecular weight excluding hydrogens is 318 g/mol. The normalized spacial score (nSPS) is 10.1. The molecule has 2 N–H and O–H groups in total. The zero-order valence-electron chi connectivity index (χ0n) is 10.9. The summed E-state index contributed by atoms with van der Waals surface area (Å²) in [6.45, 7) is 0. The zero-order chi connectivity index (χ0) is 15.4. The lowest BCUT2D eigenvalue weighted by Gasteiger charge is -2.12. The van der Waals surface area contributed by atoms with Gasteiger partial charge in [-0.25, -0.2) is 8.78 Å². The fourth-order valence-electron chi connectivity index (χ4n) is 1.61. The van der Waals surface area contributed by atoms with E-state index in [2.05, 4.69) is 10.6 Å². The van der Waals surface area contributed by atoms with Crippen LogP contribution in [-0.2, 0) is 0 Å². The van der Waals surface area contributed by atoms with Gasteiger partial charge in [-0.15, -0.1) is 0 Å². The minimum atomic E-state index is -0.949. The van der Waals surface area contributed by atoms with Gasteiger partial charge in [-0.1, -0.05) is 11.6 Å². The van der Waals surface area contributed by atoms with Gasteiger partial charge in [0, 0.05) is 17.4 Å². The van der Waals surface area contributed by atoms with E-state index >= 15 is 0 Å². The molecule has 3 nitrogen and oxygen atoms in total. The lowest BCUT2D eigenvalue weighted by molar-refractivity contribution is 0.415. The van der Waals surface area contributed by atoms with Crippen LogP contribution < -0.4 is 15.4 Å². The number of rotatable bonds is 3. The van der Waals surface area contributed by atoms with Crippen molar-refractivity contribution in [2.75, 3.05) is 17.7 Å². The second kappa shape index (κ2) is 6.69. The van der Waals surface area contributed by atoms with Crippen LogP contribution >= 0.6 is 23.8 Å². The third-order valence-corrected chi connectivity index (χ3v) is 3.09. The maximum Gasteiger partial charge on any atom is 0.175 e. The van der Waals surface area contributed by atoms with Gasteiger partial charge in [-0.3, -0.25) is 0 Å². The molecule has 0 saturated heterocycles. The summed E-state index contributed by atoms with van der Waals surface area (Å²) in [6, 6.07) is 8.47. The maximum atomic E-state index is 13.1. The number of halogens is 3. The highest BCUT2D eigenvalue weighted by Crippen LogP contribution is 2.27. The van der Waals surface area contributed by atoms with Gasteiger partial charge < -0.3 is 15.4 Å². The Labute approximate surface area is 130 Å². The maximum absolute atomic E-state index is 13.1. The van der Waals surface area contributed by atoms with Crippen LogP contribution in [0.1, 0.15) is 0 Å². The standard InChI is InChI=1S/C14H11ClF2N2OS/c1-20-13-5-3-8(6-10(13)15)18-14(21)19-9-2-4-11(16)12(17)7-9/h2-7H,1H3,(H2,18,19,21). The fraction of sp³-hybridized carbons (Fsp3) is 0.0714. The van der Waals surface area contributed by atoms with Crippen molar-refractivity contribution < 1.29 is 13.5 Å². The predicted molar refractivity (Wildman–Crippen MR) is 84.2 cm³/mol. The van der Waals surface area contributed by atoms with E-state index in [-0.39, 0.29) is 5.11 Å². The molecule has 0 aliphatic carbocycles. The monoisotopic (exact) mass is 328 g/mol. The van der Waals surface area contributed by atoms with Crippen LogP contribution in [0, 0.1) is 11.6 Å². The summed E-state index contributed by atoms with van der Waals surface area (Å²) in [4.78, 5) is 0. The van der Waals surface area contributed by atoms with Gasteiger partial charge in [-0.2, -0.15) is 0 Å². The Kier molecular flexibility index (Phi) is 4.93. The number of methoxy groups -OCH3 is 1. The van der Waals surface area contributed by atoms with Crippen LogP contribution in [0.4, 0.5) is 20.2 Å². The second-order valence-corrected chi connectivity index (χ2v) is 4.87. The van der Waals surface area contributed by atoms with Crippen molar-refractivity contribution in [3.05, 3.63) is 53.1 Å². The first-order valence-corrected chi connectivity index (χ1v) is 6.65. The van der Waals surface area contributed by atoms with E-state index in [1.54, 1.807) is 18.2 Å². The van der Waals surface area contributed by atoms with Crippen LogP contribution in [0.15, 0.2) is 36.4 Å². The number of nitrogens with one attached hydrogen (secondary N) is 2. The Balaban J connectivity index is 2.04. The Morgan fingerprint density at radius 3 is 2.24 bits per heavy atom. The molecule has 0 aromatic heterocycles. The topological polar surface area (TPSA) is 33.3 Å². The van der Waals surface area contributed by atoms with E-state index in [0.717, 1.165) is 12.1 Å². The van der Waals surface area contributed by atoms with Gasteiger partial charge in [-0.05, 0) is 42.5 Å². The molecule has 7 heteroatoms. The van der Waals surface area contributed by atoms with Crippen LogP contribution in [-0.4, -0.2) is 12.2 Å². The molecule has 0 aliphatic heterocycles. The summed E-state index contributed by atoms with van der Waals surface area (Å²) in [5.74, 6) is -1.32.